The third-order valence-corrected chi connectivity index (χ3v) is 1.15. The minimum atomic E-state index is -0.149. The molecule has 0 amide bonds. The predicted molar refractivity (Wildman–Crippen MR) is 44.3 cm³/mol. The third kappa shape index (κ3) is 6.08. The SMILES string of the molecule is CCOC(=O)CC(C)(C)Br. The normalized spacial score (nSPS) is 11.2. The number of rotatable bonds is 3. The summed E-state index contributed by atoms with van der Waals surface area (Å²) in [6.07, 6.45) is 0.418. The maximum absolute atomic E-state index is 10.8. The Bertz CT molecular complexity index is 115. The van der Waals surface area contributed by atoms with E-state index in [4.69, 9.17) is 4.74 Å². The van der Waals surface area contributed by atoms with Crippen LogP contribution in [0.2, 0.25) is 0 Å². The zero-order valence-corrected chi connectivity index (χ0v) is 8.19. The van der Waals surface area contributed by atoms with E-state index >= 15 is 0 Å². The van der Waals surface area contributed by atoms with Gasteiger partial charge in [0.25, 0.3) is 0 Å². The molecule has 60 valence electrons. The van der Waals surface area contributed by atoms with Crippen LogP contribution in [0.3, 0.4) is 0 Å². The van der Waals surface area contributed by atoms with Crippen molar-refractivity contribution in [2.45, 2.75) is 31.5 Å². The maximum Gasteiger partial charge on any atom is 0.307 e. The Morgan fingerprint density at radius 2 is 2.10 bits per heavy atom. The second kappa shape index (κ2) is 3.96. The Balaban J connectivity index is 3.58. The van der Waals surface area contributed by atoms with E-state index in [1.54, 1.807) is 6.92 Å². The van der Waals surface area contributed by atoms with E-state index in [1.165, 1.54) is 0 Å². The van der Waals surface area contributed by atoms with E-state index in [-0.39, 0.29) is 10.3 Å². The van der Waals surface area contributed by atoms with E-state index in [2.05, 4.69) is 15.9 Å². The number of carbonyl (C=O) groups excluding carboxylic acids is 1. The number of alkyl halides is 1. The number of carbonyl (C=O) groups is 1. The molecule has 0 heterocycles. The van der Waals surface area contributed by atoms with Crippen molar-refractivity contribution >= 4 is 21.9 Å². The third-order valence-electron chi connectivity index (χ3n) is 0.870. The number of esters is 1. The molecule has 0 unspecified atom stereocenters. The molecule has 2 nitrogen and oxygen atoms in total. The molecule has 0 saturated carbocycles. The van der Waals surface area contributed by atoms with Crippen LogP contribution in [0, 0.1) is 0 Å². The first kappa shape index (κ1) is 9.95. The highest BCUT2D eigenvalue weighted by Crippen LogP contribution is 2.20. The summed E-state index contributed by atoms with van der Waals surface area (Å²) in [7, 11) is 0. The highest BCUT2D eigenvalue weighted by molar-refractivity contribution is 9.10. The molecule has 0 radical (unpaired) electrons. The van der Waals surface area contributed by atoms with Gasteiger partial charge in [-0.2, -0.15) is 0 Å². The highest BCUT2D eigenvalue weighted by Gasteiger charge is 2.18. The van der Waals surface area contributed by atoms with Gasteiger partial charge in [0, 0.05) is 4.32 Å². The fourth-order valence-electron chi connectivity index (χ4n) is 0.555. The average molecular weight is 209 g/mol. The Morgan fingerprint density at radius 1 is 1.60 bits per heavy atom. The molecule has 0 aromatic carbocycles. The lowest BCUT2D eigenvalue weighted by molar-refractivity contribution is -0.143. The monoisotopic (exact) mass is 208 g/mol. The molecule has 0 aliphatic rings. The summed E-state index contributed by atoms with van der Waals surface area (Å²) in [5.41, 5.74) is 0. The summed E-state index contributed by atoms with van der Waals surface area (Å²) in [5, 5.41) is 0. The number of ether oxygens (including phenoxy) is 1. The van der Waals surface area contributed by atoms with E-state index in [0.717, 1.165) is 0 Å². The zero-order valence-electron chi connectivity index (χ0n) is 6.61. The van der Waals surface area contributed by atoms with Gasteiger partial charge in [0.2, 0.25) is 0 Å². The van der Waals surface area contributed by atoms with E-state index < -0.39 is 0 Å². The molecule has 0 rings (SSSR count). The van der Waals surface area contributed by atoms with E-state index in [9.17, 15) is 4.79 Å². The van der Waals surface area contributed by atoms with Crippen molar-refractivity contribution in [2.24, 2.45) is 0 Å². The molecule has 0 aromatic rings. The minimum absolute atomic E-state index is 0.140. The lowest BCUT2D eigenvalue weighted by Gasteiger charge is -2.13. The predicted octanol–water partition coefficient (Wildman–Crippen LogP) is 2.11. The first-order valence-electron chi connectivity index (χ1n) is 3.30. The summed E-state index contributed by atoms with van der Waals surface area (Å²) in [6, 6.07) is 0. The molecule has 0 fully saturated rings. The van der Waals surface area contributed by atoms with Gasteiger partial charge in [-0.15, -0.1) is 0 Å². The largest absolute Gasteiger partial charge is 0.466 e. The Morgan fingerprint density at radius 3 is 2.40 bits per heavy atom. The summed E-state index contributed by atoms with van der Waals surface area (Å²) < 4.78 is 4.61. The fourth-order valence-corrected chi connectivity index (χ4v) is 0.784. The maximum atomic E-state index is 10.8. The Kier molecular flexibility index (Phi) is 3.94. The molecule has 0 aliphatic carbocycles. The van der Waals surface area contributed by atoms with Crippen molar-refractivity contribution in [2.75, 3.05) is 6.61 Å². The van der Waals surface area contributed by atoms with Crippen LogP contribution in [0.15, 0.2) is 0 Å². The standard InChI is InChI=1S/C7H13BrO2/c1-4-10-6(9)5-7(2,3)8/h4-5H2,1-3H3. The molecule has 0 bridgehead atoms. The van der Waals surface area contributed by atoms with Crippen molar-refractivity contribution < 1.29 is 9.53 Å². The summed E-state index contributed by atoms with van der Waals surface area (Å²) in [5.74, 6) is -0.149. The first-order valence-corrected chi connectivity index (χ1v) is 4.09. The molecule has 10 heavy (non-hydrogen) atoms. The van der Waals surface area contributed by atoms with Gasteiger partial charge >= 0.3 is 5.97 Å². The molecular weight excluding hydrogens is 196 g/mol. The lowest BCUT2D eigenvalue weighted by Crippen LogP contribution is -2.17. The van der Waals surface area contributed by atoms with Crippen LogP contribution < -0.4 is 0 Å². The van der Waals surface area contributed by atoms with Crippen molar-refractivity contribution in [1.29, 1.82) is 0 Å². The lowest BCUT2D eigenvalue weighted by atomic mass is 10.1. The molecular formula is C7H13BrO2. The van der Waals surface area contributed by atoms with Crippen LogP contribution in [-0.4, -0.2) is 16.9 Å². The molecule has 0 spiro atoms. The molecule has 3 heteroatoms. The first-order chi connectivity index (χ1) is 4.45. The van der Waals surface area contributed by atoms with E-state index in [1.807, 2.05) is 13.8 Å². The van der Waals surface area contributed by atoms with Crippen LogP contribution in [0.25, 0.3) is 0 Å². The van der Waals surface area contributed by atoms with Gasteiger partial charge in [0.05, 0.1) is 13.0 Å². The number of halogens is 1. The summed E-state index contributed by atoms with van der Waals surface area (Å²) in [4.78, 5) is 10.8. The number of hydrogen-bond donors (Lipinski definition) is 0. The second-order valence-corrected chi connectivity index (χ2v) is 4.85. The topological polar surface area (TPSA) is 26.3 Å². The summed E-state index contributed by atoms with van der Waals surface area (Å²) in [6.45, 7) is 6.13. The van der Waals surface area contributed by atoms with Crippen LogP contribution in [0.5, 0.6) is 0 Å². The van der Waals surface area contributed by atoms with Crippen molar-refractivity contribution in [3.05, 3.63) is 0 Å². The molecule has 0 atom stereocenters. The van der Waals surface area contributed by atoms with Gasteiger partial charge in [-0.1, -0.05) is 15.9 Å². The minimum Gasteiger partial charge on any atom is -0.466 e. The second-order valence-electron chi connectivity index (χ2n) is 2.70. The van der Waals surface area contributed by atoms with Crippen molar-refractivity contribution in [3.8, 4) is 0 Å². The van der Waals surface area contributed by atoms with Gasteiger partial charge in [-0.05, 0) is 20.8 Å². The molecule has 0 saturated heterocycles. The molecule has 0 N–H and O–H groups in total. The van der Waals surface area contributed by atoms with Gasteiger partial charge in [-0.3, -0.25) is 4.79 Å². The smallest absolute Gasteiger partial charge is 0.307 e. The molecule has 0 aliphatic heterocycles. The fraction of sp³-hybridized carbons (Fsp3) is 0.857. The molecule has 0 aromatic heterocycles. The van der Waals surface area contributed by atoms with Crippen molar-refractivity contribution in [1.82, 2.24) is 0 Å². The van der Waals surface area contributed by atoms with Crippen LogP contribution in [0.1, 0.15) is 27.2 Å². The van der Waals surface area contributed by atoms with Gasteiger partial charge in [-0.25, -0.2) is 0 Å². The Labute approximate surface area is 70.1 Å². The number of hydrogen-bond acceptors (Lipinski definition) is 2. The van der Waals surface area contributed by atoms with E-state index in [0.29, 0.717) is 13.0 Å². The van der Waals surface area contributed by atoms with Crippen LogP contribution in [-0.2, 0) is 9.53 Å². The summed E-state index contributed by atoms with van der Waals surface area (Å²) >= 11 is 3.35. The quantitative estimate of drug-likeness (QED) is 0.525. The van der Waals surface area contributed by atoms with Gasteiger partial charge in [0.15, 0.2) is 0 Å². The van der Waals surface area contributed by atoms with Crippen LogP contribution >= 0.6 is 15.9 Å². The van der Waals surface area contributed by atoms with Gasteiger partial charge < -0.3 is 4.74 Å². The average Bonchev–Trinajstić information content (AvgIpc) is 1.59. The zero-order chi connectivity index (χ0) is 8.20. The van der Waals surface area contributed by atoms with Gasteiger partial charge in [0.1, 0.15) is 0 Å². The Hall–Kier alpha value is -0.0500. The highest BCUT2D eigenvalue weighted by atomic mass is 79.9. The van der Waals surface area contributed by atoms with Crippen LogP contribution in [0.4, 0.5) is 0 Å². The van der Waals surface area contributed by atoms with Crippen molar-refractivity contribution in [3.63, 3.8) is 0 Å².